The number of fused-ring (bicyclic) bond motifs is 1. The Morgan fingerprint density at radius 2 is 1.77 bits per heavy atom. The van der Waals surface area contributed by atoms with Crippen LogP contribution in [0.2, 0.25) is 5.15 Å². The van der Waals surface area contributed by atoms with Crippen molar-refractivity contribution in [2.45, 2.75) is 13.5 Å². The number of hydrogen-bond donors (Lipinski definition) is 0. The molecule has 0 unspecified atom stereocenters. The molecule has 0 bridgehead atoms. The van der Waals surface area contributed by atoms with E-state index in [4.69, 9.17) is 11.6 Å². The van der Waals surface area contributed by atoms with Gasteiger partial charge in [-0.25, -0.2) is 4.68 Å². The van der Waals surface area contributed by atoms with E-state index in [-0.39, 0.29) is 5.91 Å². The molecule has 1 aromatic heterocycles. The number of aryl methyl sites for hydroxylation is 1. The Labute approximate surface area is 157 Å². The summed E-state index contributed by atoms with van der Waals surface area (Å²) in [6, 6.07) is 17.8. The Bertz CT molecular complexity index is 1020. The van der Waals surface area contributed by atoms with Crippen LogP contribution in [0.15, 0.2) is 54.6 Å². The third-order valence-corrected chi connectivity index (χ3v) is 5.06. The highest BCUT2D eigenvalue weighted by atomic mass is 35.5. The van der Waals surface area contributed by atoms with Crippen LogP contribution in [0.5, 0.6) is 0 Å². The van der Waals surface area contributed by atoms with Gasteiger partial charge in [-0.1, -0.05) is 60.1 Å². The summed E-state index contributed by atoms with van der Waals surface area (Å²) in [7, 11) is 1.79. The van der Waals surface area contributed by atoms with Gasteiger partial charge in [0.25, 0.3) is 5.91 Å². The molecule has 4 rings (SSSR count). The van der Waals surface area contributed by atoms with Crippen LogP contribution in [0.25, 0.3) is 11.6 Å². The van der Waals surface area contributed by atoms with Crippen molar-refractivity contribution in [3.63, 3.8) is 0 Å². The van der Waals surface area contributed by atoms with E-state index in [9.17, 15) is 4.79 Å². The molecule has 2 aromatic carbocycles. The van der Waals surface area contributed by atoms with Gasteiger partial charge in [-0.15, -0.1) is 0 Å². The molecule has 1 amide bonds. The van der Waals surface area contributed by atoms with Crippen molar-refractivity contribution >= 4 is 34.8 Å². The molecule has 0 radical (unpaired) electrons. The molecule has 3 aromatic rings. The van der Waals surface area contributed by atoms with Gasteiger partial charge >= 0.3 is 0 Å². The Balaban J connectivity index is 1.76. The van der Waals surface area contributed by atoms with E-state index in [1.165, 1.54) is 0 Å². The van der Waals surface area contributed by atoms with Crippen LogP contribution in [0, 0.1) is 6.92 Å². The Kier molecular flexibility index (Phi) is 4.13. The fourth-order valence-electron chi connectivity index (χ4n) is 3.28. The summed E-state index contributed by atoms with van der Waals surface area (Å²) in [5.41, 5.74) is 5.19. The maximum Gasteiger partial charge on any atom is 0.258 e. The first-order valence-corrected chi connectivity index (χ1v) is 8.80. The van der Waals surface area contributed by atoms with E-state index in [1.807, 2.05) is 67.6 Å². The number of nitrogens with zero attached hydrogens (tertiary/aromatic N) is 3. The molecule has 26 heavy (non-hydrogen) atoms. The predicted octanol–water partition coefficient (Wildman–Crippen LogP) is 4.41. The normalized spacial score (nSPS) is 15.0. The zero-order valence-corrected chi connectivity index (χ0v) is 15.4. The van der Waals surface area contributed by atoms with Crippen molar-refractivity contribution in [2.24, 2.45) is 0 Å². The highest BCUT2D eigenvalue weighted by molar-refractivity contribution is 6.37. The maximum atomic E-state index is 12.7. The molecule has 0 N–H and O–H groups in total. The third-order valence-electron chi connectivity index (χ3n) is 4.66. The highest BCUT2D eigenvalue weighted by Crippen LogP contribution is 2.37. The number of aromatic nitrogens is 2. The standard InChI is InChI=1S/C21H18ClN3O/c1-14-17(20(22)25(23-14)13-15-8-4-3-5-9-15)12-18-16-10-6-7-11-19(16)24(2)21(18)26/h3-12H,13H2,1-2H3/b18-12-. The molecule has 1 aliphatic rings. The largest absolute Gasteiger partial charge is 0.311 e. The molecule has 0 atom stereocenters. The van der Waals surface area contributed by atoms with E-state index in [0.717, 1.165) is 28.1 Å². The van der Waals surface area contributed by atoms with Crippen LogP contribution in [0.4, 0.5) is 5.69 Å². The highest BCUT2D eigenvalue weighted by Gasteiger charge is 2.29. The van der Waals surface area contributed by atoms with Crippen LogP contribution in [-0.2, 0) is 11.3 Å². The summed E-state index contributed by atoms with van der Waals surface area (Å²) in [4.78, 5) is 14.3. The monoisotopic (exact) mass is 363 g/mol. The SMILES string of the molecule is Cc1nn(Cc2ccccc2)c(Cl)c1/C=C1\C(=O)N(C)c2ccccc21. The average molecular weight is 364 g/mol. The van der Waals surface area contributed by atoms with E-state index < -0.39 is 0 Å². The Hall–Kier alpha value is -2.85. The Morgan fingerprint density at radius 3 is 2.54 bits per heavy atom. The minimum atomic E-state index is -0.0301. The van der Waals surface area contributed by atoms with Crippen molar-refractivity contribution in [3.05, 3.63) is 82.1 Å². The number of carbonyl (C=O) groups excluding carboxylic acids is 1. The predicted molar refractivity (Wildman–Crippen MR) is 105 cm³/mol. The number of para-hydroxylation sites is 1. The van der Waals surface area contributed by atoms with Gasteiger partial charge in [0.2, 0.25) is 0 Å². The minimum absolute atomic E-state index is 0.0301. The molecule has 130 valence electrons. The van der Waals surface area contributed by atoms with Crippen molar-refractivity contribution in [3.8, 4) is 0 Å². The summed E-state index contributed by atoms with van der Waals surface area (Å²) in [5, 5.41) is 5.10. The molecule has 5 heteroatoms. The number of likely N-dealkylation sites (N-methyl/N-ethyl adjacent to an activating group) is 1. The van der Waals surface area contributed by atoms with E-state index in [0.29, 0.717) is 17.3 Å². The summed E-state index contributed by atoms with van der Waals surface area (Å²) in [6.45, 7) is 2.50. The second-order valence-corrected chi connectivity index (χ2v) is 6.73. The lowest BCUT2D eigenvalue weighted by Gasteiger charge is -2.07. The van der Waals surface area contributed by atoms with Gasteiger partial charge in [0, 0.05) is 23.7 Å². The lowest BCUT2D eigenvalue weighted by atomic mass is 10.0. The number of anilines is 1. The number of amides is 1. The van der Waals surface area contributed by atoms with Crippen LogP contribution in [0.3, 0.4) is 0 Å². The van der Waals surface area contributed by atoms with Crippen LogP contribution in [0.1, 0.15) is 22.4 Å². The molecule has 0 spiro atoms. The van der Waals surface area contributed by atoms with Gasteiger partial charge in [0.05, 0.1) is 17.9 Å². The molecule has 0 saturated heterocycles. The van der Waals surface area contributed by atoms with Gasteiger partial charge < -0.3 is 4.90 Å². The summed E-state index contributed by atoms with van der Waals surface area (Å²) in [6.07, 6.45) is 1.86. The van der Waals surface area contributed by atoms with Gasteiger partial charge in [0.15, 0.2) is 0 Å². The Morgan fingerprint density at radius 1 is 1.08 bits per heavy atom. The fraction of sp³-hybridized carbons (Fsp3) is 0.143. The smallest absolute Gasteiger partial charge is 0.258 e. The molecule has 1 aliphatic heterocycles. The molecule has 4 nitrogen and oxygen atoms in total. The molecular formula is C21H18ClN3O. The topological polar surface area (TPSA) is 38.1 Å². The lowest BCUT2D eigenvalue weighted by molar-refractivity contribution is -0.112. The summed E-state index contributed by atoms with van der Waals surface area (Å²) >= 11 is 6.60. The van der Waals surface area contributed by atoms with Gasteiger partial charge in [-0.2, -0.15) is 5.10 Å². The number of halogens is 1. The average Bonchev–Trinajstić information content (AvgIpc) is 3.06. The fourth-order valence-corrected chi connectivity index (χ4v) is 3.56. The maximum absolute atomic E-state index is 12.7. The molecule has 0 fully saturated rings. The van der Waals surface area contributed by atoms with E-state index in [1.54, 1.807) is 16.6 Å². The van der Waals surface area contributed by atoms with Gasteiger partial charge in [-0.3, -0.25) is 4.79 Å². The lowest BCUT2D eigenvalue weighted by Crippen LogP contribution is -2.20. The first-order valence-electron chi connectivity index (χ1n) is 8.42. The second-order valence-electron chi connectivity index (χ2n) is 6.37. The second kappa shape index (κ2) is 6.46. The number of benzene rings is 2. The molecule has 2 heterocycles. The number of hydrogen-bond acceptors (Lipinski definition) is 2. The van der Waals surface area contributed by atoms with Crippen LogP contribution in [-0.4, -0.2) is 22.7 Å². The molecular weight excluding hydrogens is 346 g/mol. The quantitative estimate of drug-likeness (QED) is 0.646. The van der Waals surface area contributed by atoms with Crippen LogP contribution >= 0.6 is 11.6 Å². The first-order chi connectivity index (χ1) is 12.6. The summed E-state index contributed by atoms with van der Waals surface area (Å²) < 4.78 is 1.77. The van der Waals surface area contributed by atoms with E-state index >= 15 is 0 Å². The summed E-state index contributed by atoms with van der Waals surface area (Å²) in [5.74, 6) is -0.0301. The van der Waals surface area contributed by atoms with Crippen LogP contribution < -0.4 is 4.90 Å². The van der Waals surface area contributed by atoms with Crippen molar-refractivity contribution in [1.82, 2.24) is 9.78 Å². The van der Waals surface area contributed by atoms with Crippen molar-refractivity contribution in [2.75, 3.05) is 11.9 Å². The zero-order chi connectivity index (χ0) is 18.3. The number of carbonyl (C=O) groups is 1. The van der Waals surface area contributed by atoms with Crippen molar-refractivity contribution in [1.29, 1.82) is 0 Å². The van der Waals surface area contributed by atoms with Gasteiger partial charge in [-0.05, 0) is 24.6 Å². The minimum Gasteiger partial charge on any atom is -0.311 e. The first kappa shape index (κ1) is 16.6. The molecule has 0 saturated carbocycles. The molecule has 0 aliphatic carbocycles. The third kappa shape index (κ3) is 2.72. The number of rotatable bonds is 3. The van der Waals surface area contributed by atoms with Crippen molar-refractivity contribution < 1.29 is 4.79 Å². The zero-order valence-electron chi connectivity index (χ0n) is 14.6. The van der Waals surface area contributed by atoms with E-state index in [2.05, 4.69) is 5.10 Å². The van der Waals surface area contributed by atoms with Gasteiger partial charge in [0.1, 0.15) is 5.15 Å².